The van der Waals surface area contributed by atoms with E-state index >= 15 is 0 Å². The zero-order chi connectivity index (χ0) is 12.3. The van der Waals surface area contributed by atoms with Gasteiger partial charge in [0.15, 0.2) is 0 Å². The Hall–Kier alpha value is -1.62. The lowest BCUT2D eigenvalue weighted by Gasteiger charge is -2.35. The van der Waals surface area contributed by atoms with Crippen molar-refractivity contribution >= 4 is 11.4 Å². The summed E-state index contributed by atoms with van der Waals surface area (Å²) >= 11 is 0. The number of hydrogen-bond donors (Lipinski definition) is 0. The van der Waals surface area contributed by atoms with Crippen LogP contribution in [0.5, 0.6) is 0 Å². The lowest BCUT2D eigenvalue weighted by atomic mass is 10.2. The number of nitro benzene ring substituents is 1. The van der Waals surface area contributed by atoms with Crippen LogP contribution in [0.1, 0.15) is 6.92 Å². The van der Waals surface area contributed by atoms with E-state index in [9.17, 15) is 10.1 Å². The Labute approximate surface area is 101 Å². The van der Waals surface area contributed by atoms with Gasteiger partial charge >= 0.3 is 0 Å². The van der Waals surface area contributed by atoms with E-state index in [0.717, 1.165) is 38.4 Å². The van der Waals surface area contributed by atoms with Crippen LogP contribution >= 0.6 is 0 Å². The van der Waals surface area contributed by atoms with E-state index in [2.05, 4.69) is 16.7 Å². The van der Waals surface area contributed by atoms with E-state index in [4.69, 9.17) is 0 Å². The predicted molar refractivity (Wildman–Crippen MR) is 67.4 cm³/mol. The number of rotatable bonds is 3. The van der Waals surface area contributed by atoms with Gasteiger partial charge in [0, 0.05) is 44.0 Å². The maximum absolute atomic E-state index is 10.6. The van der Waals surface area contributed by atoms with Crippen LogP contribution in [0.2, 0.25) is 0 Å². The van der Waals surface area contributed by atoms with E-state index in [1.54, 1.807) is 12.1 Å². The molecule has 0 bridgehead atoms. The molecule has 5 nitrogen and oxygen atoms in total. The van der Waals surface area contributed by atoms with Crippen LogP contribution in [0, 0.1) is 10.1 Å². The first-order valence-electron chi connectivity index (χ1n) is 5.92. The summed E-state index contributed by atoms with van der Waals surface area (Å²) in [6.07, 6.45) is 0. The van der Waals surface area contributed by atoms with E-state index in [1.807, 2.05) is 12.1 Å². The lowest BCUT2D eigenvalue weighted by molar-refractivity contribution is -0.384. The van der Waals surface area contributed by atoms with Gasteiger partial charge in [-0.25, -0.2) is 0 Å². The van der Waals surface area contributed by atoms with Gasteiger partial charge in [-0.2, -0.15) is 0 Å². The minimum Gasteiger partial charge on any atom is -0.369 e. The summed E-state index contributed by atoms with van der Waals surface area (Å²) in [5.41, 5.74) is 1.23. The Bertz CT molecular complexity index is 383. The molecule has 0 N–H and O–H groups in total. The molecule has 92 valence electrons. The first-order valence-corrected chi connectivity index (χ1v) is 5.92. The molecule has 1 saturated heterocycles. The van der Waals surface area contributed by atoms with Crippen molar-refractivity contribution in [1.82, 2.24) is 4.90 Å². The fourth-order valence-electron chi connectivity index (χ4n) is 2.11. The Kier molecular flexibility index (Phi) is 3.58. The van der Waals surface area contributed by atoms with E-state index in [-0.39, 0.29) is 10.6 Å². The minimum absolute atomic E-state index is 0.154. The summed E-state index contributed by atoms with van der Waals surface area (Å²) in [7, 11) is 0. The van der Waals surface area contributed by atoms with Crippen molar-refractivity contribution in [1.29, 1.82) is 0 Å². The maximum atomic E-state index is 10.6. The molecule has 5 heteroatoms. The fraction of sp³-hybridized carbons (Fsp3) is 0.500. The van der Waals surface area contributed by atoms with Crippen LogP contribution in [-0.4, -0.2) is 42.5 Å². The zero-order valence-corrected chi connectivity index (χ0v) is 10.0. The number of piperazine rings is 1. The van der Waals surface area contributed by atoms with Crippen LogP contribution < -0.4 is 4.90 Å². The SMILES string of the molecule is CCN1CCN(c2ccc([N+](=O)[O-])cc2)CC1. The topological polar surface area (TPSA) is 49.6 Å². The van der Waals surface area contributed by atoms with Gasteiger partial charge in [0.25, 0.3) is 5.69 Å². The summed E-state index contributed by atoms with van der Waals surface area (Å²) in [6.45, 7) is 7.37. The first-order chi connectivity index (χ1) is 8.20. The van der Waals surface area contributed by atoms with Gasteiger partial charge in [0.05, 0.1) is 4.92 Å². The van der Waals surface area contributed by atoms with E-state index in [1.165, 1.54) is 0 Å². The van der Waals surface area contributed by atoms with Gasteiger partial charge in [0.1, 0.15) is 0 Å². The first kappa shape index (κ1) is 11.9. The molecular formula is C12H17N3O2. The number of non-ortho nitro benzene ring substituents is 1. The summed E-state index contributed by atoms with van der Waals surface area (Å²) in [5, 5.41) is 10.6. The lowest BCUT2D eigenvalue weighted by Crippen LogP contribution is -2.46. The monoisotopic (exact) mass is 235 g/mol. The summed E-state index contributed by atoms with van der Waals surface area (Å²) in [4.78, 5) is 14.9. The second kappa shape index (κ2) is 5.14. The molecule has 0 atom stereocenters. The van der Waals surface area contributed by atoms with Gasteiger partial charge in [-0.15, -0.1) is 0 Å². The Morgan fingerprint density at radius 1 is 1.18 bits per heavy atom. The van der Waals surface area contributed by atoms with Crippen molar-refractivity contribution < 1.29 is 4.92 Å². The second-order valence-corrected chi connectivity index (χ2v) is 4.19. The molecule has 1 aromatic carbocycles. The van der Waals surface area contributed by atoms with Crippen LogP contribution in [0.15, 0.2) is 24.3 Å². The van der Waals surface area contributed by atoms with Crippen LogP contribution in [0.25, 0.3) is 0 Å². The molecule has 1 aliphatic rings. The average Bonchev–Trinajstić information content (AvgIpc) is 2.39. The molecule has 0 amide bonds. The molecule has 0 saturated carbocycles. The molecule has 17 heavy (non-hydrogen) atoms. The van der Waals surface area contributed by atoms with Crippen LogP contribution in [0.3, 0.4) is 0 Å². The van der Waals surface area contributed by atoms with Gasteiger partial charge < -0.3 is 9.80 Å². The molecule has 1 aromatic rings. The Balaban J connectivity index is 2.01. The fourth-order valence-corrected chi connectivity index (χ4v) is 2.11. The number of nitrogens with zero attached hydrogens (tertiary/aromatic N) is 3. The van der Waals surface area contributed by atoms with Gasteiger partial charge in [-0.1, -0.05) is 6.92 Å². The maximum Gasteiger partial charge on any atom is 0.269 e. The number of likely N-dealkylation sites (N-methyl/N-ethyl adjacent to an activating group) is 1. The second-order valence-electron chi connectivity index (χ2n) is 4.19. The third-order valence-electron chi connectivity index (χ3n) is 3.25. The molecule has 0 aliphatic carbocycles. The average molecular weight is 235 g/mol. The molecule has 1 heterocycles. The quantitative estimate of drug-likeness (QED) is 0.591. The Morgan fingerprint density at radius 2 is 1.76 bits per heavy atom. The van der Waals surface area contributed by atoms with Crippen molar-refractivity contribution in [2.45, 2.75) is 6.92 Å². The van der Waals surface area contributed by atoms with Crippen molar-refractivity contribution in [3.05, 3.63) is 34.4 Å². The third kappa shape index (κ3) is 2.74. The third-order valence-corrected chi connectivity index (χ3v) is 3.25. The van der Waals surface area contributed by atoms with Crippen molar-refractivity contribution in [2.24, 2.45) is 0 Å². The summed E-state index contributed by atoms with van der Waals surface area (Å²) in [5.74, 6) is 0. The molecule has 0 aromatic heterocycles. The van der Waals surface area contributed by atoms with E-state index in [0.29, 0.717) is 0 Å². The number of hydrogen-bond acceptors (Lipinski definition) is 4. The van der Waals surface area contributed by atoms with Gasteiger partial charge in [-0.05, 0) is 18.7 Å². The highest BCUT2D eigenvalue weighted by molar-refractivity contribution is 5.51. The summed E-state index contributed by atoms with van der Waals surface area (Å²) in [6, 6.07) is 6.81. The van der Waals surface area contributed by atoms with Crippen LogP contribution in [-0.2, 0) is 0 Å². The number of nitro groups is 1. The molecule has 0 unspecified atom stereocenters. The molecule has 1 aliphatic heterocycles. The standard InChI is InChI=1S/C12H17N3O2/c1-2-13-7-9-14(10-8-13)11-3-5-12(6-4-11)15(16)17/h3-6H,2,7-10H2,1H3. The smallest absolute Gasteiger partial charge is 0.269 e. The normalized spacial score (nSPS) is 17.1. The zero-order valence-electron chi connectivity index (χ0n) is 10.0. The Morgan fingerprint density at radius 3 is 2.24 bits per heavy atom. The predicted octanol–water partition coefficient (Wildman–Crippen LogP) is 1.74. The van der Waals surface area contributed by atoms with Crippen molar-refractivity contribution in [2.75, 3.05) is 37.6 Å². The van der Waals surface area contributed by atoms with Crippen molar-refractivity contribution in [3.63, 3.8) is 0 Å². The largest absolute Gasteiger partial charge is 0.369 e. The van der Waals surface area contributed by atoms with E-state index < -0.39 is 0 Å². The molecule has 0 radical (unpaired) electrons. The molecular weight excluding hydrogens is 218 g/mol. The molecule has 2 rings (SSSR count). The number of benzene rings is 1. The summed E-state index contributed by atoms with van der Waals surface area (Å²) < 4.78 is 0. The number of anilines is 1. The van der Waals surface area contributed by atoms with Gasteiger partial charge in [0.2, 0.25) is 0 Å². The molecule has 1 fully saturated rings. The highest BCUT2D eigenvalue weighted by Gasteiger charge is 2.16. The molecule has 0 spiro atoms. The van der Waals surface area contributed by atoms with Crippen molar-refractivity contribution in [3.8, 4) is 0 Å². The highest BCUT2D eigenvalue weighted by atomic mass is 16.6. The van der Waals surface area contributed by atoms with Crippen LogP contribution in [0.4, 0.5) is 11.4 Å². The highest BCUT2D eigenvalue weighted by Crippen LogP contribution is 2.20. The minimum atomic E-state index is -0.362. The van der Waals surface area contributed by atoms with Gasteiger partial charge in [-0.3, -0.25) is 10.1 Å².